The van der Waals surface area contributed by atoms with Crippen molar-refractivity contribution in [2.24, 2.45) is 5.84 Å². The third-order valence-electron chi connectivity index (χ3n) is 5.86. The molecule has 1 heterocycles. The number of carbonyl (C=O) groups excluding carboxylic acids is 1. The Labute approximate surface area is 254 Å². The van der Waals surface area contributed by atoms with E-state index in [1.807, 2.05) is 51.2 Å². The number of aromatic nitrogens is 1. The van der Waals surface area contributed by atoms with Gasteiger partial charge in [-0.3, -0.25) is 4.79 Å². The second kappa shape index (κ2) is 14.5. The molecule has 0 aliphatic carbocycles. The highest BCUT2D eigenvalue weighted by atomic mass is 35.5. The summed E-state index contributed by atoms with van der Waals surface area (Å²) in [5.74, 6) is 6.55. The Morgan fingerprint density at radius 2 is 1.73 bits per heavy atom. The molecule has 3 aromatic carbocycles. The van der Waals surface area contributed by atoms with Crippen LogP contribution in [0.3, 0.4) is 0 Å². The average Bonchev–Trinajstić information content (AvgIpc) is 3.29. The molecule has 3 N–H and O–H groups in total. The molecule has 0 saturated carbocycles. The molecular formula is C28H32Cl2N4O5S2. The Morgan fingerprint density at radius 3 is 2.39 bits per heavy atom. The van der Waals surface area contributed by atoms with Crippen molar-refractivity contribution in [3.8, 4) is 0 Å². The number of nitrogens with two attached hydrogens (primary N) is 1. The highest BCUT2D eigenvalue weighted by Crippen LogP contribution is 2.25. The molecule has 0 aliphatic rings. The summed E-state index contributed by atoms with van der Waals surface area (Å²) in [6.07, 6.45) is 0.757. The first-order chi connectivity index (χ1) is 19.2. The van der Waals surface area contributed by atoms with E-state index in [9.17, 15) is 17.8 Å². The standard InChI is InChI=1S/C21H24Cl2N4O2S.C7H8O3S/c1-14-4-7-18-19(10-14)29-21(26-18)30-13-20(28)25-8-3-9-27(2,24)12-15-5-6-16(22)17(23)11-15;1-6-2-4-7(5-3-6)11(8,9)10/h4-7,10-11H,3,8-9,12-13,24H2,1-2H3;2-5H,1H3,(H,8,9,10). The molecule has 4 rings (SSSR count). The number of quaternary nitrogens is 1. The lowest BCUT2D eigenvalue weighted by Gasteiger charge is -2.28. The summed E-state index contributed by atoms with van der Waals surface area (Å²) in [5, 5.41) is 4.46. The summed E-state index contributed by atoms with van der Waals surface area (Å²) in [4.78, 5) is 16.3. The molecule has 0 aliphatic heterocycles. The van der Waals surface area contributed by atoms with Crippen molar-refractivity contribution in [1.82, 2.24) is 10.3 Å². The van der Waals surface area contributed by atoms with Crippen LogP contribution in [0.4, 0.5) is 0 Å². The molecule has 1 amide bonds. The second-order valence-corrected chi connectivity index (χ2v) is 12.9. The maximum absolute atomic E-state index is 12.1. The van der Waals surface area contributed by atoms with Crippen LogP contribution in [0, 0.1) is 13.8 Å². The number of aryl methyl sites for hydroxylation is 2. The van der Waals surface area contributed by atoms with Crippen LogP contribution >= 0.6 is 35.0 Å². The van der Waals surface area contributed by atoms with E-state index in [-0.39, 0.29) is 16.6 Å². The highest BCUT2D eigenvalue weighted by Gasteiger charge is 2.18. The van der Waals surface area contributed by atoms with Gasteiger partial charge in [-0.1, -0.05) is 64.8 Å². The van der Waals surface area contributed by atoms with E-state index in [0.29, 0.717) is 39.5 Å². The fourth-order valence-electron chi connectivity index (χ4n) is 3.76. The van der Waals surface area contributed by atoms with Crippen LogP contribution in [-0.2, 0) is 21.5 Å². The van der Waals surface area contributed by atoms with Gasteiger partial charge in [-0.2, -0.15) is 5.84 Å². The van der Waals surface area contributed by atoms with Gasteiger partial charge in [0.1, 0.15) is 22.2 Å². The summed E-state index contributed by atoms with van der Waals surface area (Å²) in [6.45, 7) is 5.70. The van der Waals surface area contributed by atoms with Crippen LogP contribution in [0.2, 0.25) is 10.0 Å². The Morgan fingerprint density at radius 1 is 1.05 bits per heavy atom. The summed E-state index contributed by atoms with van der Waals surface area (Å²) in [7, 11) is -2.33. The normalized spacial score (nSPS) is 12.9. The Bertz CT molecular complexity index is 1590. The van der Waals surface area contributed by atoms with E-state index in [1.165, 1.54) is 23.9 Å². The Kier molecular flexibility index (Phi) is 11.6. The van der Waals surface area contributed by atoms with E-state index in [1.54, 1.807) is 18.2 Å². The first-order valence-corrected chi connectivity index (χ1v) is 15.7. The minimum absolute atomic E-state index is 0.0610. The number of carbonyl (C=O) groups is 1. The van der Waals surface area contributed by atoms with E-state index in [2.05, 4.69) is 10.3 Å². The lowest BCUT2D eigenvalue weighted by Crippen LogP contribution is -2.51. The number of rotatable bonds is 10. The number of hydrogen-bond acceptors (Lipinski definition) is 8. The fraction of sp³-hybridized carbons (Fsp3) is 0.286. The van der Waals surface area contributed by atoms with Crippen molar-refractivity contribution in [3.63, 3.8) is 0 Å². The van der Waals surface area contributed by atoms with Crippen LogP contribution in [0.15, 0.2) is 75.2 Å². The van der Waals surface area contributed by atoms with Crippen molar-refractivity contribution < 1.29 is 26.8 Å². The molecular weight excluding hydrogens is 607 g/mol. The first-order valence-electron chi connectivity index (χ1n) is 12.6. The van der Waals surface area contributed by atoms with Crippen molar-refractivity contribution in [3.05, 3.63) is 87.4 Å². The average molecular weight is 640 g/mol. The van der Waals surface area contributed by atoms with Crippen LogP contribution in [0.25, 0.3) is 11.1 Å². The molecule has 4 aromatic rings. The van der Waals surface area contributed by atoms with Crippen LogP contribution in [0.5, 0.6) is 0 Å². The van der Waals surface area contributed by atoms with Gasteiger partial charge in [-0.25, -0.2) is 18.0 Å². The van der Waals surface area contributed by atoms with E-state index >= 15 is 0 Å². The quantitative estimate of drug-likeness (QED) is 0.0583. The van der Waals surface area contributed by atoms with Crippen molar-refractivity contribution in [2.45, 2.75) is 36.9 Å². The highest BCUT2D eigenvalue weighted by molar-refractivity contribution is 7.99. The van der Waals surface area contributed by atoms with Crippen LogP contribution in [0.1, 0.15) is 23.1 Å². The van der Waals surface area contributed by atoms with E-state index in [4.69, 9.17) is 33.5 Å². The van der Waals surface area contributed by atoms with Crippen molar-refractivity contribution in [2.75, 3.05) is 25.9 Å². The second-order valence-electron chi connectivity index (χ2n) is 9.82. The van der Waals surface area contributed by atoms with Gasteiger partial charge >= 0.3 is 0 Å². The number of hydrogen-bond donors (Lipinski definition) is 2. The number of nitrogens with one attached hydrogen (secondary N) is 1. The molecule has 220 valence electrons. The number of halogens is 2. The number of oxazole rings is 1. The molecule has 0 spiro atoms. The smallest absolute Gasteiger partial charge is 0.257 e. The molecule has 0 bridgehead atoms. The Balaban J connectivity index is 0.000000352. The zero-order valence-electron chi connectivity index (χ0n) is 22.9. The maximum atomic E-state index is 12.1. The van der Waals surface area contributed by atoms with E-state index in [0.717, 1.165) is 34.2 Å². The van der Waals surface area contributed by atoms with Gasteiger partial charge in [0, 0.05) is 18.5 Å². The molecule has 1 aromatic heterocycles. The van der Waals surface area contributed by atoms with Gasteiger partial charge in [0.2, 0.25) is 5.91 Å². The van der Waals surface area contributed by atoms with Gasteiger partial charge in [0.25, 0.3) is 5.22 Å². The molecule has 0 fully saturated rings. The van der Waals surface area contributed by atoms with E-state index < -0.39 is 10.1 Å². The molecule has 0 radical (unpaired) electrons. The lowest BCUT2D eigenvalue weighted by molar-refractivity contribution is -0.934. The van der Waals surface area contributed by atoms with Gasteiger partial charge < -0.3 is 14.3 Å². The number of thioether (sulfide) groups is 1. The number of amides is 1. The predicted molar refractivity (Wildman–Crippen MR) is 162 cm³/mol. The summed E-state index contributed by atoms with van der Waals surface area (Å²) < 4.78 is 37.1. The lowest BCUT2D eigenvalue weighted by atomic mass is 10.2. The van der Waals surface area contributed by atoms with Crippen LogP contribution < -0.4 is 11.2 Å². The third kappa shape index (κ3) is 10.9. The topological polar surface area (TPSA) is 138 Å². The minimum atomic E-state index is -4.27. The molecule has 0 saturated heterocycles. The van der Waals surface area contributed by atoms with Gasteiger partial charge in [-0.05, 0) is 55.8 Å². The molecule has 41 heavy (non-hydrogen) atoms. The zero-order chi connectivity index (χ0) is 30.2. The largest absolute Gasteiger partial charge is 0.744 e. The van der Waals surface area contributed by atoms with Gasteiger partial charge in [0.05, 0.1) is 34.3 Å². The third-order valence-corrected chi connectivity index (χ3v) is 8.27. The maximum Gasteiger partial charge on any atom is 0.257 e. The first kappa shape index (κ1) is 32.9. The minimum Gasteiger partial charge on any atom is -0.744 e. The van der Waals surface area contributed by atoms with Crippen molar-refractivity contribution >= 4 is 62.1 Å². The zero-order valence-corrected chi connectivity index (χ0v) is 26.0. The van der Waals surface area contributed by atoms with Gasteiger partial charge in [-0.15, -0.1) is 0 Å². The molecule has 1 unspecified atom stereocenters. The molecule has 13 heteroatoms. The van der Waals surface area contributed by atoms with Crippen molar-refractivity contribution in [1.29, 1.82) is 0 Å². The summed E-state index contributed by atoms with van der Waals surface area (Å²) in [5.41, 5.74) is 4.59. The Hall–Kier alpha value is -2.64. The molecule has 1 atom stereocenters. The summed E-state index contributed by atoms with van der Waals surface area (Å²) >= 11 is 13.3. The summed E-state index contributed by atoms with van der Waals surface area (Å²) in [6, 6.07) is 17.1. The monoisotopic (exact) mass is 638 g/mol. The molecule has 9 nitrogen and oxygen atoms in total. The SMILES string of the molecule is Cc1ccc(S(=O)(=O)[O-])cc1.Cc1ccc2nc(SCC(=O)NCCC[N+](C)(N)Cc3ccc(Cl)c(Cl)c3)oc2c1. The van der Waals surface area contributed by atoms with Crippen LogP contribution in [-0.4, -0.2) is 54.3 Å². The number of nitrogens with zero attached hydrogens (tertiary/aromatic N) is 2. The predicted octanol–water partition coefficient (Wildman–Crippen LogP) is 5.46. The number of benzene rings is 3. The fourth-order valence-corrected chi connectivity index (χ4v) is 5.22. The number of fused-ring (bicyclic) bond motifs is 1. The van der Waals surface area contributed by atoms with Gasteiger partial charge in [0.15, 0.2) is 5.58 Å².